The van der Waals surface area contributed by atoms with E-state index >= 15 is 0 Å². The van der Waals surface area contributed by atoms with E-state index in [1.807, 2.05) is 49.4 Å². The van der Waals surface area contributed by atoms with Crippen LogP contribution in [0.4, 0.5) is 0 Å². The summed E-state index contributed by atoms with van der Waals surface area (Å²) in [5, 5.41) is 0. The Bertz CT molecular complexity index is 810. The maximum atomic E-state index is 12.1. The largest absolute Gasteiger partial charge is 0.493 e. The van der Waals surface area contributed by atoms with Gasteiger partial charge in [-0.2, -0.15) is 0 Å². The highest BCUT2D eigenvalue weighted by Crippen LogP contribution is 2.22. The van der Waals surface area contributed by atoms with Gasteiger partial charge in [-0.15, -0.1) is 0 Å². The fourth-order valence-corrected chi connectivity index (χ4v) is 4.56. The number of nitrogens with one attached hydrogen (secondary N) is 1. The lowest BCUT2D eigenvalue weighted by Crippen LogP contribution is -2.48. The molecular weight excluding hydrogens is 364 g/mol. The molecule has 3 rings (SSSR count). The second-order valence-corrected chi connectivity index (χ2v) is 8.59. The van der Waals surface area contributed by atoms with Crippen molar-refractivity contribution in [3.63, 3.8) is 0 Å². The van der Waals surface area contributed by atoms with Gasteiger partial charge in [0.05, 0.1) is 24.7 Å². The molecule has 0 bridgehead atoms. The molecule has 1 N–H and O–H groups in total. The lowest BCUT2D eigenvalue weighted by atomic mass is 9.98. The minimum Gasteiger partial charge on any atom is -0.493 e. The second kappa shape index (κ2) is 9.30. The number of benzene rings is 1. The average Bonchev–Trinajstić information content (AvgIpc) is 2.68. The summed E-state index contributed by atoms with van der Waals surface area (Å²) in [6, 6.07) is 13.4. The van der Waals surface area contributed by atoms with Gasteiger partial charge in [0, 0.05) is 30.3 Å². The number of ether oxygens (including phenoxy) is 2. The van der Waals surface area contributed by atoms with Gasteiger partial charge < -0.3 is 9.47 Å². The molecule has 1 aliphatic rings. The number of aromatic nitrogens is 1. The molecule has 0 amide bonds. The van der Waals surface area contributed by atoms with Crippen LogP contribution in [-0.2, 0) is 14.8 Å². The Balaban J connectivity index is 1.59. The lowest BCUT2D eigenvalue weighted by Gasteiger charge is -2.31. The van der Waals surface area contributed by atoms with Crippen LogP contribution in [0.3, 0.4) is 0 Å². The van der Waals surface area contributed by atoms with Crippen molar-refractivity contribution in [1.29, 1.82) is 0 Å². The van der Waals surface area contributed by atoms with Crippen LogP contribution < -0.4 is 9.46 Å². The standard InChI is InChI=1S/C20H26N2O4S/c1-2-13-27(23,24)22-20-10-12-25-14-17(20)15-26-18-8-6-16(7-9-18)19-5-3-4-11-21-19/h3-9,11,17,20,22H,2,10,12-15H2,1H3/t17-,20+/m1/s1. The molecule has 27 heavy (non-hydrogen) atoms. The summed E-state index contributed by atoms with van der Waals surface area (Å²) >= 11 is 0. The van der Waals surface area contributed by atoms with Crippen LogP contribution in [0.1, 0.15) is 19.8 Å². The van der Waals surface area contributed by atoms with Crippen LogP contribution >= 0.6 is 0 Å². The zero-order valence-electron chi connectivity index (χ0n) is 15.5. The predicted molar refractivity (Wildman–Crippen MR) is 105 cm³/mol. The van der Waals surface area contributed by atoms with Crippen molar-refractivity contribution in [3.05, 3.63) is 48.7 Å². The fourth-order valence-electron chi connectivity index (χ4n) is 3.13. The third-order valence-electron chi connectivity index (χ3n) is 4.56. The molecule has 0 unspecified atom stereocenters. The molecule has 1 fully saturated rings. The van der Waals surface area contributed by atoms with Crippen LogP contribution in [0.25, 0.3) is 11.3 Å². The van der Waals surface area contributed by atoms with Gasteiger partial charge in [-0.3, -0.25) is 4.98 Å². The Morgan fingerprint density at radius 1 is 1.22 bits per heavy atom. The first kappa shape index (κ1) is 19.8. The molecule has 2 aromatic rings. The number of rotatable bonds is 8. The van der Waals surface area contributed by atoms with E-state index in [0.717, 1.165) is 17.0 Å². The number of hydrogen-bond donors (Lipinski definition) is 1. The van der Waals surface area contributed by atoms with Crippen molar-refractivity contribution < 1.29 is 17.9 Å². The number of pyridine rings is 1. The van der Waals surface area contributed by atoms with E-state index in [4.69, 9.17) is 9.47 Å². The Labute approximate surface area is 161 Å². The quantitative estimate of drug-likeness (QED) is 0.750. The molecule has 146 valence electrons. The molecule has 0 aliphatic carbocycles. The molecule has 0 saturated carbocycles. The molecule has 7 heteroatoms. The zero-order valence-corrected chi connectivity index (χ0v) is 16.3. The highest BCUT2D eigenvalue weighted by molar-refractivity contribution is 7.89. The minimum atomic E-state index is -3.25. The van der Waals surface area contributed by atoms with Gasteiger partial charge in [0.15, 0.2) is 0 Å². The lowest BCUT2D eigenvalue weighted by molar-refractivity contribution is 0.0186. The maximum Gasteiger partial charge on any atom is 0.211 e. The summed E-state index contributed by atoms with van der Waals surface area (Å²) in [6.45, 7) is 3.32. The van der Waals surface area contributed by atoms with E-state index < -0.39 is 10.0 Å². The van der Waals surface area contributed by atoms with Crippen LogP contribution in [0.2, 0.25) is 0 Å². The van der Waals surface area contributed by atoms with Crippen molar-refractivity contribution >= 4 is 10.0 Å². The van der Waals surface area contributed by atoms with E-state index in [-0.39, 0.29) is 17.7 Å². The van der Waals surface area contributed by atoms with E-state index in [1.165, 1.54) is 0 Å². The molecule has 2 heterocycles. The summed E-state index contributed by atoms with van der Waals surface area (Å²) in [5.74, 6) is 0.878. The van der Waals surface area contributed by atoms with E-state index in [2.05, 4.69) is 9.71 Å². The van der Waals surface area contributed by atoms with Gasteiger partial charge in [-0.1, -0.05) is 13.0 Å². The normalized spacial score (nSPS) is 20.3. The SMILES string of the molecule is CCCS(=O)(=O)N[C@H]1CCOC[C@@H]1COc1ccc(-c2ccccn2)cc1. The van der Waals surface area contributed by atoms with Gasteiger partial charge in [0.1, 0.15) is 5.75 Å². The van der Waals surface area contributed by atoms with Crippen molar-refractivity contribution in [2.75, 3.05) is 25.6 Å². The Morgan fingerprint density at radius 2 is 2.04 bits per heavy atom. The highest BCUT2D eigenvalue weighted by atomic mass is 32.2. The third-order valence-corrected chi connectivity index (χ3v) is 6.16. The van der Waals surface area contributed by atoms with E-state index in [0.29, 0.717) is 32.7 Å². The average molecular weight is 391 g/mol. The summed E-state index contributed by atoms with van der Waals surface area (Å²) in [4.78, 5) is 4.33. The predicted octanol–water partition coefficient (Wildman–Crippen LogP) is 2.86. The topological polar surface area (TPSA) is 77.5 Å². The number of sulfonamides is 1. The molecule has 6 nitrogen and oxygen atoms in total. The molecule has 1 saturated heterocycles. The summed E-state index contributed by atoms with van der Waals surface area (Å²) in [6.07, 6.45) is 3.03. The van der Waals surface area contributed by atoms with Crippen molar-refractivity contribution in [2.45, 2.75) is 25.8 Å². The maximum absolute atomic E-state index is 12.1. The van der Waals surface area contributed by atoms with Gasteiger partial charge >= 0.3 is 0 Å². The molecule has 0 spiro atoms. The smallest absolute Gasteiger partial charge is 0.211 e. The Kier molecular flexibility index (Phi) is 6.82. The molecular formula is C20H26N2O4S. The first-order valence-corrected chi connectivity index (χ1v) is 10.9. The van der Waals surface area contributed by atoms with E-state index in [1.54, 1.807) is 6.20 Å². The summed E-state index contributed by atoms with van der Waals surface area (Å²) in [7, 11) is -3.25. The van der Waals surface area contributed by atoms with Gasteiger partial charge in [-0.25, -0.2) is 13.1 Å². The number of nitrogens with zero attached hydrogens (tertiary/aromatic N) is 1. The molecule has 0 radical (unpaired) electrons. The third kappa shape index (κ3) is 5.76. The molecule has 1 aromatic heterocycles. The fraction of sp³-hybridized carbons (Fsp3) is 0.450. The molecule has 2 atom stereocenters. The van der Waals surface area contributed by atoms with Crippen LogP contribution in [0, 0.1) is 5.92 Å². The van der Waals surface area contributed by atoms with Crippen LogP contribution in [-0.4, -0.2) is 45.0 Å². The van der Waals surface area contributed by atoms with Crippen LogP contribution in [0.5, 0.6) is 5.75 Å². The monoisotopic (exact) mass is 390 g/mol. The summed E-state index contributed by atoms with van der Waals surface area (Å²) in [5.41, 5.74) is 1.93. The van der Waals surface area contributed by atoms with Crippen LogP contribution in [0.15, 0.2) is 48.7 Å². The first-order chi connectivity index (χ1) is 13.1. The van der Waals surface area contributed by atoms with Gasteiger partial charge in [-0.05, 0) is 49.2 Å². The van der Waals surface area contributed by atoms with Gasteiger partial charge in [0.25, 0.3) is 0 Å². The van der Waals surface area contributed by atoms with Crippen molar-refractivity contribution in [3.8, 4) is 17.0 Å². The Morgan fingerprint density at radius 3 is 2.74 bits per heavy atom. The second-order valence-electron chi connectivity index (χ2n) is 6.72. The Hall–Kier alpha value is -1.96. The van der Waals surface area contributed by atoms with Gasteiger partial charge in [0.2, 0.25) is 10.0 Å². The minimum absolute atomic E-state index is 0.0131. The zero-order chi connectivity index (χ0) is 19.1. The number of hydrogen-bond acceptors (Lipinski definition) is 5. The first-order valence-electron chi connectivity index (χ1n) is 9.29. The van der Waals surface area contributed by atoms with Crippen molar-refractivity contribution in [2.24, 2.45) is 5.92 Å². The summed E-state index contributed by atoms with van der Waals surface area (Å²) < 4.78 is 38.4. The molecule has 1 aliphatic heterocycles. The molecule has 1 aromatic carbocycles. The highest BCUT2D eigenvalue weighted by Gasteiger charge is 2.29. The van der Waals surface area contributed by atoms with E-state index in [9.17, 15) is 8.42 Å². The van der Waals surface area contributed by atoms with Crippen molar-refractivity contribution in [1.82, 2.24) is 9.71 Å².